The van der Waals surface area contributed by atoms with E-state index in [4.69, 9.17) is 13.9 Å². The van der Waals surface area contributed by atoms with E-state index in [2.05, 4.69) is 5.32 Å². The molecule has 1 saturated heterocycles. The first-order chi connectivity index (χ1) is 21.4. The van der Waals surface area contributed by atoms with E-state index < -0.39 is 22.0 Å². The van der Waals surface area contributed by atoms with Crippen molar-refractivity contribution in [3.63, 3.8) is 0 Å². The minimum atomic E-state index is -3.66. The van der Waals surface area contributed by atoms with Crippen LogP contribution in [0.2, 0.25) is 0 Å². The van der Waals surface area contributed by atoms with Gasteiger partial charge in [-0.25, -0.2) is 8.42 Å². The van der Waals surface area contributed by atoms with Crippen molar-refractivity contribution in [3.8, 4) is 5.75 Å². The zero-order chi connectivity index (χ0) is 30.8. The Labute approximate surface area is 257 Å². The van der Waals surface area contributed by atoms with Gasteiger partial charge in [0.15, 0.2) is 6.61 Å². The number of sulfonamides is 1. The van der Waals surface area contributed by atoms with Gasteiger partial charge < -0.3 is 24.1 Å². The Kier molecular flexibility index (Phi) is 10.4. The van der Waals surface area contributed by atoms with E-state index in [1.807, 2.05) is 60.7 Å². The molecule has 4 aromatic rings. The predicted octanol–water partition coefficient (Wildman–Crippen LogP) is 3.64. The summed E-state index contributed by atoms with van der Waals surface area (Å²) in [7, 11) is -3.66. The second-order valence-electron chi connectivity index (χ2n) is 10.3. The van der Waals surface area contributed by atoms with Gasteiger partial charge in [0.05, 0.1) is 30.9 Å². The first-order valence-electron chi connectivity index (χ1n) is 14.4. The number of hydrogen-bond donors (Lipinski definition) is 1. The molecule has 230 valence electrons. The maximum Gasteiger partial charge on any atom is 0.261 e. The van der Waals surface area contributed by atoms with Gasteiger partial charge in [0, 0.05) is 26.1 Å². The van der Waals surface area contributed by atoms with E-state index in [0.29, 0.717) is 37.8 Å². The van der Waals surface area contributed by atoms with E-state index in [0.717, 1.165) is 11.1 Å². The van der Waals surface area contributed by atoms with Crippen molar-refractivity contribution in [3.05, 3.63) is 120 Å². The maximum atomic E-state index is 13.8. The average molecular weight is 618 g/mol. The van der Waals surface area contributed by atoms with Crippen LogP contribution in [0.5, 0.6) is 5.75 Å². The molecule has 1 fully saturated rings. The lowest BCUT2D eigenvalue weighted by Gasteiger charge is -2.31. The summed E-state index contributed by atoms with van der Waals surface area (Å²) in [6.45, 7) is 1.32. The third-order valence-electron chi connectivity index (χ3n) is 7.28. The standard InChI is InChI=1S/C33H35N3O7S/c37-32(25-43-28-13-15-30(16-14-28)44(39,40)35-17-20-41-21-18-35)36(24-27-10-5-2-6-11-27)31(22-26-8-3-1-4-9-26)33(38)34-23-29-12-7-19-42-29/h1-16,19,31H,17-18,20-25H2,(H,34,38)/t31-/m0/s1. The highest BCUT2D eigenvalue weighted by molar-refractivity contribution is 7.89. The van der Waals surface area contributed by atoms with Gasteiger partial charge in [-0.05, 0) is 47.5 Å². The number of carbonyl (C=O) groups excluding carboxylic acids is 2. The van der Waals surface area contributed by atoms with E-state index in [-0.39, 0.29) is 36.9 Å². The molecule has 0 aliphatic carbocycles. The summed E-state index contributed by atoms with van der Waals surface area (Å²) in [6, 6.07) is 27.6. The van der Waals surface area contributed by atoms with Gasteiger partial charge in [0.1, 0.15) is 17.6 Å². The molecule has 1 N–H and O–H groups in total. The SMILES string of the molecule is O=C(NCc1ccco1)[C@H](Cc1ccccc1)N(Cc1ccccc1)C(=O)COc1ccc(S(=O)(=O)N2CCOCC2)cc1. The highest BCUT2D eigenvalue weighted by atomic mass is 32.2. The summed E-state index contributed by atoms with van der Waals surface area (Å²) in [6.07, 6.45) is 1.83. The van der Waals surface area contributed by atoms with Crippen LogP contribution in [0.15, 0.2) is 113 Å². The van der Waals surface area contributed by atoms with Crippen LogP contribution >= 0.6 is 0 Å². The number of rotatable bonds is 13. The number of nitrogens with one attached hydrogen (secondary N) is 1. The van der Waals surface area contributed by atoms with Gasteiger partial charge in [-0.1, -0.05) is 60.7 Å². The van der Waals surface area contributed by atoms with Gasteiger partial charge in [-0.15, -0.1) is 0 Å². The van der Waals surface area contributed by atoms with Crippen LogP contribution in [0, 0.1) is 0 Å². The van der Waals surface area contributed by atoms with Gasteiger partial charge in [-0.2, -0.15) is 4.31 Å². The largest absolute Gasteiger partial charge is 0.484 e. The van der Waals surface area contributed by atoms with Gasteiger partial charge in [-0.3, -0.25) is 9.59 Å². The monoisotopic (exact) mass is 617 g/mol. The maximum absolute atomic E-state index is 13.8. The lowest BCUT2D eigenvalue weighted by Crippen LogP contribution is -2.51. The highest BCUT2D eigenvalue weighted by Gasteiger charge is 2.31. The highest BCUT2D eigenvalue weighted by Crippen LogP contribution is 2.21. The Hall–Kier alpha value is -4.45. The van der Waals surface area contributed by atoms with Crippen molar-refractivity contribution in [2.75, 3.05) is 32.9 Å². The Morgan fingerprint density at radius 1 is 0.864 bits per heavy atom. The zero-order valence-electron chi connectivity index (χ0n) is 24.2. The number of amides is 2. The summed E-state index contributed by atoms with van der Waals surface area (Å²) in [5.41, 5.74) is 1.75. The van der Waals surface area contributed by atoms with Crippen molar-refractivity contribution >= 4 is 21.8 Å². The van der Waals surface area contributed by atoms with E-state index >= 15 is 0 Å². The van der Waals surface area contributed by atoms with Crippen molar-refractivity contribution in [2.24, 2.45) is 0 Å². The number of benzene rings is 3. The molecule has 10 nitrogen and oxygen atoms in total. The summed E-state index contributed by atoms with van der Waals surface area (Å²) in [5, 5.41) is 2.91. The van der Waals surface area contributed by atoms with Crippen molar-refractivity contribution in [1.82, 2.24) is 14.5 Å². The van der Waals surface area contributed by atoms with Crippen molar-refractivity contribution < 1.29 is 31.9 Å². The van der Waals surface area contributed by atoms with E-state index in [1.165, 1.54) is 39.7 Å². The molecule has 2 amide bonds. The Morgan fingerprint density at radius 3 is 2.16 bits per heavy atom. The van der Waals surface area contributed by atoms with Gasteiger partial charge in [0.2, 0.25) is 15.9 Å². The summed E-state index contributed by atoms with van der Waals surface area (Å²) in [5.74, 6) is 0.209. The molecule has 0 spiro atoms. The fraction of sp³-hybridized carbons (Fsp3) is 0.273. The van der Waals surface area contributed by atoms with Crippen LogP contribution in [-0.2, 0) is 43.9 Å². The lowest BCUT2D eigenvalue weighted by molar-refractivity contribution is -0.142. The van der Waals surface area contributed by atoms with Crippen LogP contribution in [0.3, 0.4) is 0 Å². The molecule has 1 aliphatic rings. The number of ether oxygens (including phenoxy) is 2. The molecule has 1 aliphatic heterocycles. The lowest BCUT2D eigenvalue weighted by atomic mass is 10.0. The van der Waals surface area contributed by atoms with Crippen LogP contribution in [0.25, 0.3) is 0 Å². The van der Waals surface area contributed by atoms with Crippen LogP contribution in [-0.4, -0.2) is 68.4 Å². The third kappa shape index (κ3) is 8.13. The van der Waals surface area contributed by atoms with Crippen LogP contribution in [0.4, 0.5) is 0 Å². The molecule has 5 rings (SSSR count). The minimum absolute atomic E-state index is 0.139. The fourth-order valence-electron chi connectivity index (χ4n) is 4.91. The van der Waals surface area contributed by atoms with E-state index in [1.54, 1.807) is 12.1 Å². The molecule has 0 bridgehead atoms. The molecule has 3 aromatic carbocycles. The predicted molar refractivity (Wildman–Crippen MR) is 163 cm³/mol. The Morgan fingerprint density at radius 2 is 1.52 bits per heavy atom. The zero-order valence-corrected chi connectivity index (χ0v) is 25.0. The van der Waals surface area contributed by atoms with Gasteiger partial charge >= 0.3 is 0 Å². The normalized spacial score (nSPS) is 14.5. The molecule has 1 aromatic heterocycles. The molecule has 0 unspecified atom stereocenters. The summed E-state index contributed by atoms with van der Waals surface area (Å²) >= 11 is 0. The molecular formula is C33H35N3O7S. The summed E-state index contributed by atoms with van der Waals surface area (Å²) in [4.78, 5) is 29.1. The molecule has 0 saturated carbocycles. The number of furan rings is 1. The quantitative estimate of drug-likeness (QED) is 0.243. The second-order valence-corrected chi connectivity index (χ2v) is 12.2. The molecule has 1 atom stereocenters. The number of hydrogen-bond acceptors (Lipinski definition) is 7. The first-order valence-corrected chi connectivity index (χ1v) is 15.8. The van der Waals surface area contributed by atoms with Crippen LogP contribution < -0.4 is 10.1 Å². The second kappa shape index (κ2) is 14.8. The average Bonchev–Trinajstić information content (AvgIpc) is 3.59. The minimum Gasteiger partial charge on any atom is -0.484 e. The third-order valence-corrected chi connectivity index (χ3v) is 9.19. The first kappa shape index (κ1) is 31.0. The molecule has 11 heteroatoms. The molecule has 44 heavy (non-hydrogen) atoms. The van der Waals surface area contributed by atoms with Crippen LogP contribution in [0.1, 0.15) is 16.9 Å². The Bertz CT molecular complexity index is 1590. The number of morpholine rings is 1. The number of nitrogens with zero attached hydrogens (tertiary/aromatic N) is 2. The van der Waals surface area contributed by atoms with E-state index in [9.17, 15) is 18.0 Å². The smallest absolute Gasteiger partial charge is 0.261 e. The number of carbonyl (C=O) groups is 2. The summed E-state index contributed by atoms with van der Waals surface area (Å²) < 4.78 is 43.8. The topological polar surface area (TPSA) is 118 Å². The van der Waals surface area contributed by atoms with Gasteiger partial charge in [0.25, 0.3) is 5.91 Å². The van der Waals surface area contributed by atoms with Crippen molar-refractivity contribution in [2.45, 2.75) is 30.4 Å². The molecular weight excluding hydrogens is 582 g/mol. The molecule has 0 radical (unpaired) electrons. The molecule has 2 heterocycles. The fourth-order valence-corrected chi connectivity index (χ4v) is 6.32. The van der Waals surface area contributed by atoms with Crippen molar-refractivity contribution in [1.29, 1.82) is 0 Å². The Balaban J connectivity index is 1.33.